The van der Waals surface area contributed by atoms with Gasteiger partial charge in [0, 0.05) is 31.5 Å². The monoisotopic (exact) mass is 328 g/mol. The number of amides is 2. The summed E-state index contributed by atoms with van der Waals surface area (Å²) in [6.45, 7) is 1.91. The minimum atomic E-state index is -0.0547. The first-order valence-corrected chi connectivity index (χ1v) is 8.95. The van der Waals surface area contributed by atoms with Gasteiger partial charge in [0.1, 0.15) is 0 Å². The van der Waals surface area contributed by atoms with E-state index in [4.69, 9.17) is 4.74 Å². The number of rotatable bonds is 4. The molecule has 1 aromatic rings. The van der Waals surface area contributed by atoms with E-state index in [-0.39, 0.29) is 23.8 Å². The van der Waals surface area contributed by atoms with E-state index in [1.54, 1.807) is 0 Å². The maximum absolute atomic E-state index is 12.4. The Bertz CT molecular complexity index is 612. The first-order chi connectivity index (χ1) is 11.7. The molecule has 24 heavy (non-hydrogen) atoms. The van der Waals surface area contributed by atoms with Crippen molar-refractivity contribution < 1.29 is 14.3 Å². The molecule has 5 nitrogen and oxygen atoms in total. The van der Waals surface area contributed by atoms with Crippen LogP contribution in [0.1, 0.15) is 37.2 Å². The lowest BCUT2D eigenvalue weighted by Gasteiger charge is -2.23. The topological polar surface area (TPSA) is 58.6 Å². The highest BCUT2D eigenvalue weighted by Crippen LogP contribution is 2.45. The number of nitrogens with one attached hydrogen (secondary N) is 1. The zero-order valence-electron chi connectivity index (χ0n) is 13.8. The van der Waals surface area contributed by atoms with Gasteiger partial charge in [-0.3, -0.25) is 9.59 Å². The van der Waals surface area contributed by atoms with Crippen LogP contribution in [0.5, 0.6) is 0 Å². The highest BCUT2D eigenvalue weighted by Gasteiger charge is 2.48. The molecule has 0 bridgehead atoms. The van der Waals surface area contributed by atoms with Crippen LogP contribution >= 0.6 is 0 Å². The van der Waals surface area contributed by atoms with Crippen LogP contribution in [0.2, 0.25) is 0 Å². The number of ether oxygens (including phenoxy) is 1. The largest absolute Gasteiger partial charge is 0.381 e. The minimum Gasteiger partial charge on any atom is -0.381 e. The fourth-order valence-electron chi connectivity index (χ4n) is 4.00. The van der Waals surface area contributed by atoms with Crippen LogP contribution in [0.4, 0.5) is 0 Å². The molecule has 1 aromatic carbocycles. The summed E-state index contributed by atoms with van der Waals surface area (Å²) in [6.07, 6.45) is 3.29. The molecule has 0 spiro atoms. The smallest absolute Gasteiger partial charge is 0.225 e. The third-order valence-electron chi connectivity index (χ3n) is 5.42. The maximum atomic E-state index is 12.4. The number of nitrogens with zero attached hydrogens (tertiary/aromatic N) is 1. The highest BCUT2D eigenvalue weighted by atomic mass is 16.5. The second kappa shape index (κ2) is 6.55. The van der Waals surface area contributed by atoms with Crippen LogP contribution in [-0.4, -0.2) is 48.6 Å². The summed E-state index contributed by atoms with van der Waals surface area (Å²) in [7, 11) is 0. The van der Waals surface area contributed by atoms with Crippen molar-refractivity contribution in [2.24, 2.45) is 5.92 Å². The molecule has 4 rings (SSSR count). The average molecular weight is 328 g/mol. The average Bonchev–Trinajstić information content (AvgIpc) is 3.33. The molecule has 1 N–H and O–H groups in total. The SMILES string of the molecule is O=C(N[C@@H]1CC(=O)N([C@@H]2C[C@H]2c2ccccc2)C1)[C@@H]1CCCOC1. The fraction of sp³-hybridized carbons (Fsp3) is 0.579. The third-order valence-corrected chi connectivity index (χ3v) is 5.42. The Kier molecular flexibility index (Phi) is 4.27. The van der Waals surface area contributed by atoms with Crippen molar-refractivity contribution in [3.63, 3.8) is 0 Å². The van der Waals surface area contributed by atoms with Gasteiger partial charge < -0.3 is 15.0 Å². The fourth-order valence-corrected chi connectivity index (χ4v) is 4.00. The summed E-state index contributed by atoms with van der Waals surface area (Å²) in [6, 6.07) is 10.6. The van der Waals surface area contributed by atoms with Gasteiger partial charge in [0.25, 0.3) is 0 Å². The number of likely N-dealkylation sites (tertiary alicyclic amines) is 1. The van der Waals surface area contributed by atoms with Gasteiger partial charge in [0.15, 0.2) is 0 Å². The molecule has 3 fully saturated rings. The van der Waals surface area contributed by atoms with Crippen molar-refractivity contribution in [2.45, 2.75) is 43.7 Å². The number of carbonyl (C=O) groups excluding carboxylic acids is 2. The van der Waals surface area contributed by atoms with Crippen molar-refractivity contribution >= 4 is 11.8 Å². The molecular weight excluding hydrogens is 304 g/mol. The Morgan fingerprint density at radius 1 is 1.25 bits per heavy atom. The summed E-state index contributed by atoms with van der Waals surface area (Å²) in [5, 5.41) is 3.06. The molecule has 0 aromatic heterocycles. The Morgan fingerprint density at radius 2 is 2.08 bits per heavy atom. The lowest BCUT2D eigenvalue weighted by atomic mass is 10.0. The molecule has 128 valence electrons. The molecule has 0 unspecified atom stereocenters. The van der Waals surface area contributed by atoms with Crippen molar-refractivity contribution in [1.82, 2.24) is 10.2 Å². The molecule has 2 amide bonds. The van der Waals surface area contributed by atoms with E-state index in [2.05, 4.69) is 17.4 Å². The van der Waals surface area contributed by atoms with Crippen molar-refractivity contribution in [3.05, 3.63) is 35.9 Å². The zero-order valence-corrected chi connectivity index (χ0v) is 13.8. The van der Waals surface area contributed by atoms with Crippen molar-refractivity contribution in [2.75, 3.05) is 19.8 Å². The quantitative estimate of drug-likeness (QED) is 0.915. The maximum Gasteiger partial charge on any atom is 0.225 e. The van der Waals surface area contributed by atoms with Crippen LogP contribution in [-0.2, 0) is 14.3 Å². The van der Waals surface area contributed by atoms with Gasteiger partial charge in [-0.2, -0.15) is 0 Å². The molecule has 0 radical (unpaired) electrons. The van der Waals surface area contributed by atoms with Gasteiger partial charge in [0.2, 0.25) is 11.8 Å². The summed E-state index contributed by atoms with van der Waals surface area (Å²) in [4.78, 5) is 26.6. The molecule has 2 heterocycles. The van der Waals surface area contributed by atoms with Crippen molar-refractivity contribution in [1.29, 1.82) is 0 Å². The molecular formula is C19H24N2O3. The molecule has 1 saturated carbocycles. The predicted molar refractivity (Wildman–Crippen MR) is 89.4 cm³/mol. The van der Waals surface area contributed by atoms with Crippen LogP contribution in [0.25, 0.3) is 0 Å². The van der Waals surface area contributed by atoms with Crippen LogP contribution in [0.15, 0.2) is 30.3 Å². The number of hydrogen-bond acceptors (Lipinski definition) is 3. The van der Waals surface area contributed by atoms with Gasteiger partial charge in [-0.25, -0.2) is 0 Å². The van der Waals surface area contributed by atoms with Gasteiger partial charge in [0.05, 0.1) is 18.6 Å². The summed E-state index contributed by atoms with van der Waals surface area (Å²) in [5.41, 5.74) is 1.31. The third kappa shape index (κ3) is 3.18. The van der Waals surface area contributed by atoms with E-state index in [1.165, 1.54) is 5.56 Å². The first kappa shape index (κ1) is 15.6. The van der Waals surface area contributed by atoms with E-state index in [1.807, 2.05) is 23.1 Å². The number of benzene rings is 1. The highest BCUT2D eigenvalue weighted by molar-refractivity contribution is 5.83. The van der Waals surface area contributed by atoms with Crippen molar-refractivity contribution in [3.8, 4) is 0 Å². The van der Waals surface area contributed by atoms with E-state index in [9.17, 15) is 9.59 Å². The van der Waals surface area contributed by atoms with Gasteiger partial charge in [-0.1, -0.05) is 30.3 Å². The van der Waals surface area contributed by atoms with Crippen LogP contribution in [0, 0.1) is 5.92 Å². The molecule has 5 heteroatoms. The van der Waals surface area contributed by atoms with E-state index in [0.717, 1.165) is 25.9 Å². The molecule has 2 saturated heterocycles. The summed E-state index contributed by atoms with van der Waals surface area (Å²) < 4.78 is 5.38. The predicted octanol–water partition coefficient (Wildman–Crippen LogP) is 1.69. The molecule has 3 aliphatic rings. The first-order valence-electron chi connectivity index (χ1n) is 8.95. The minimum absolute atomic E-state index is 0.0461. The lowest BCUT2D eigenvalue weighted by Crippen LogP contribution is -2.43. The van der Waals surface area contributed by atoms with Gasteiger partial charge in [-0.15, -0.1) is 0 Å². The van der Waals surface area contributed by atoms with Crippen LogP contribution in [0.3, 0.4) is 0 Å². The van der Waals surface area contributed by atoms with E-state index in [0.29, 0.717) is 31.5 Å². The molecule has 2 aliphatic heterocycles. The van der Waals surface area contributed by atoms with Gasteiger partial charge >= 0.3 is 0 Å². The Balaban J connectivity index is 1.32. The zero-order chi connectivity index (χ0) is 16.5. The van der Waals surface area contributed by atoms with Crippen LogP contribution < -0.4 is 5.32 Å². The Labute approximate surface area is 142 Å². The Hall–Kier alpha value is -1.88. The molecule has 1 aliphatic carbocycles. The van der Waals surface area contributed by atoms with E-state index < -0.39 is 0 Å². The lowest BCUT2D eigenvalue weighted by molar-refractivity contribution is -0.129. The normalized spacial score (nSPS) is 32.7. The Morgan fingerprint density at radius 3 is 2.83 bits per heavy atom. The van der Waals surface area contributed by atoms with Gasteiger partial charge in [-0.05, 0) is 24.8 Å². The standard InChI is InChI=1S/C19H24N2O3/c22-18-9-15(20-19(23)14-7-4-8-24-12-14)11-21(18)17-10-16(17)13-5-2-1-3-6-13/h1-3,5-6,14-17H,4,7-12H2,(H,20,23)/t14-,15-,16+,17-/m1/s1. The number of carbonyl (C=O) groups is 2. The summed E-state index contributed by atoms with van der Waals surface area (Å²) in [5.74, 6) is 0.616. The number of hydrogen-bond donors (Lipinski definition) is 1. The second-order valence-corrected chi connectivity index (χ2v) is 7.19. The van der Waals surface area contributed by atoms with E-state index >= 15 is 0 Å². The molecule has 4 atom stereocenters. The second-order valence-electron chi connectivity index (χ2n) is 7.19. The summed E-state index contributed by atoms with van der Waals surface area (Å²) >= 11 is 0.